The summed E-state index contributed by atoms with van der Waals surface area (Å²) in [5.41, 5.74) is 2.63. The summed E-state index contributed by atoms with van der Waals surface area (Å²) in [7, 11) is 0. The van der Waals surface area contributed by atoms with E-state index in [2.05, 4.69) is 12.2 Å². The van der Waals surface area contributed by atoms with Crippen molar-refractivity contribution < 1.29 is 14.6 Å². The van der Waals surface area contributed by atoms with E-state index in [0.29, 0.717) is 25.3 Å². The molecule has 1 aliphatic heterocycles. The van der Waals surface area contributed by atoms with E-state index < -0.39 is 0 Å². The first-order valence-electron chi connectivity index (χ1n) is 7.52. The number of aryl methyl sites for hydroxylation is 1. The molecule has 0 aromatic heterocycles. The molecule has 1 aliphatic rings. The van der Waals surface area contributed by atoms with Crippen LogP contribution in [0, 0.1) is 6.92 Å². The number of carbonyl (C=O) groups excluding carboxylic acids is 1. The maximum Gasteiger partial charge on any atom is 0.256 e. The first-order valence-corrected chi connectivity index (χ1v) is 7.52. The number of anilines is 1. The van der Waals surface area contributed by atoms with Crippen LogP contribution in [0.25, 0.3) is 0 Å². The predicted octanol–water partition coefficient (Wildman–Crippen LogP) is 1.65. The number of hydrogen-bond donors (Lipinski definition) is 2. The Bertz CT molecular complexity index is 490. The van der Waals surface area contributed by atoms with Gasteiger partial charge in [0.1, 0.15) is 0 Å². The number of nitrogens with zero attached hydrogens (tertiary/aromatic N) is 1. The third-order valence-electron chi connectivity index (χ3n) is 3.60. The molecule has 116 valence electrons. The van der Waals surface area contributed by atoms with Crippen LogP contribution in [0.5, 0.6) is 0 Å². The fourth-order valence-corrected chi connectivity index (χ4v) is 2.43. The number of carbonyl (C=O) groups is 1. The zero-order valence-electron chi connectivity index (χ0n) is 12.8. The zero-order chi connectivity index (χ0) is 15.2. The molecule has 1 atom stereocenters. The van der Waals surface area contributed by atoms with Crippen LogP contribution in [-0.4, -0.2) is 54.9 Å². The number of aliphatic hydroxyl groups excluding tert-OH is 1. The fraction of sp³-hybridized carbons (Fsp3) is 0.562. The first-order chi connectivity index (χ1) is 10.2. The molecule has 0 radical (unpaired) electrons. The number of hydrogen-bond acceptors (Lipinski definition) is 4. The van der Waals surface area contributed by atoms with Gasteiger partial charge >= 0.3 is 0 Å². The molecule has 2 rings (SSSR count). The Labute approximate surface area is 125 Å². The van der Waals surface area contributed by atoms with Crippen LogP contribution < -0.4 is 5.32 Å². The highest BCUT2D eigenvalue weighted by molar-refractivity contribution is 6.00. The normalized spacial score (nSPS) is 18.6. The van der Waals surface area contributed by atoms with Gasteiger partial charge in [0.25, 0.3) is 5.91 Å². The molecule has 0 saturated carbocycles. The lowest BCUT2D eigenvalue weighted by molar-refractivity contribution is -0.0447. The maximum absolute atomic E-state index is 12.7. The average Bonchev–Trinajstić information content (AvgIpc) is 2.53. The molecule has 0 bridgehead atoms. The SMILES string of the molecule is CCCNc1ccc(C)cc1C(=O)N1CCOC(CO)C1. The van der Waals surface area contributed by atoms with Gasteiger partial charge in [-0.3, -0.25) is 4.79 Å². The van der Waals surface area contributed by atoms with Crippen molar-refractivity contribution in [2.45, 2.75) is 26.4 Å². The van der Waals surface area contributed by atoms with Crippen LogP contribution in [0.2, 0.25) is 0 Å². The van der Waals surface area contributed by atoms with E-state index in [4.69, 9.17) is 4.74 Å². The number of nitrogens with one attached hydrogen (secondary N) is 1. The Hall–Kier alpha value is -1.59. The second-order valence-corrected chi connectivity index (χ2v) is 5.40. The van der Waals surface area contributed by atoms with Gasteiger partial charge in [-0.25, -0.2) is 0 Å². The van der Waals surface area contributed by atoms with Crippen molar-refractivity contribution in [2.24, 2.45) is 0 Å². The van der Waals surface area contributed by atoms with Crippen molar-refractivity contribution >= 4 is 11.6 Å². The largest absolute Gasteiger partial charge is 0.394 e. The minimum absolute atomic E-state index is 0.000877. The summed E-state index contributed by atoms with van der Waals surface area (Å²) in [5.74, 6) is -0.000877. The molecule has 0 spiro atoms. The highest BCUT2D eigenvalue weighted by Crippen LogP contribution is 2.21. The van der Waals surface area contributed by atoms with Gasteiger partial charge in [0, 0.05) is 25.3 Å². The van der Waals surface area contributed by atoms with E-state index in [1.807, 2.05) is 25.1 Å². The van der Waals surface area contributed by atoms with Gasteiger partial charge in [0.05, 0.1) is 24.9 Å². The molecule has 0 aliphatic carbocycles. The van der Waals surface area contributed by atoms with Crippen LogP contribution >= 0.6 is 0 Å². The molecule has 2 N–H and O–H groups in total. The molecular formula is C16H24N2O3. The summed E-state index contributed by atoms with van der Waals surface area (Å²) in [5, 5.41) is 12.5. The summed E-state index contributed by atoms with van der Waals surface area (Å²) >= 11 is 0. The fourth-order valence-electron chi connectivity index (χ4n) is 2.43. The lowest BCUT2D eigenvalue weighted by Gasteiger charge is -2.32. The molecule has 21 heavy (non-hydrogen) atoms. The monoisotopic (exact) mass is 292 g/mol. The summed E-state index contributed by atoms with van der Waals surface area (Å²) in [6, 6.07) is 5.89. The molecule has 1 heterocycles. The van der Waals surface area contributed by atoms with Crippen LogP contribution in [-0.2, 0) is 4.74 Å². The van der Waals surface area contributed by atoms with Crippen molar-refractivity contribution in [3.05, 3.63) is 29.3 Å². The summed E-state index contributed by atoms with van der Waals surface area (Å²) in [6.07, 6.45) is 0.727. The number of morpholine rings is 1. The van der Waals surface area contributed by atoms with Crippen molar-refractivity contribution in [3.63, 3.8) is 0 Å². The second-order valence-electron chi connectivity index (χ2n) is 5.40. The van der Waals surface area contributed by atoms with Crippen LogP contribution in [0.1, 0.15) is 29.3 Å². The quantitative estimate of drug-likeness (QED) is 0.866. The molecule has 1 fully saturated rings. The number of benzene rings is 1. The lowest BCUT2D eigenvalue weighted by atomic mass is 10.1. The molecule has 5 heteroatoms. The van der Waals surface area contributed by atoms with E-state index in [9.17, 15) is 9.90 Å². The Morgan fingerprint density at radius 3 is 3.05 bits per heavy atom. The summed E-state index contributed by atoms with van der Waals surface area (Å²) in [6.45, 7) is 6.34. The first kappa shape index (κ1) is 15.8. The van der Waals surface area contributed by atoms with E-state index in [1.54, 1.807) is 4.90 Å². The topological polar surface area (TPSA) is 61.8 Å². The van der Waals surface area contributed by atoms with Gasteiger partial charge in [-0.15, -0.1) is 0 Å². The highest BCUT2D eigenvalue weighted by atomic mass is 16.5. The smallest absolute Gasteiger partial charge is 0.256 e. The van der Waals surface area contributed by atoms with Gasteiger partial charge in [0.2, 0.25) is 0 Å². The average molecular weight is 292 g/mol. The van der Waals surface area contributed by atoms with Crippen molar-refractivity contribution in [2.75, 3.05) is 38.2 Å². The predicted molar refractivity (Wildman–Crippen MR) is 82.7 cm³/mol. The number of aliphatic hydroxyl groups is 1. The Morgan fingerprint density at radius 2 is 2.33 bits per heavy atom. The van der Waals surface area contributed by atoms with E-state index in [0.717, 1.165) is 24.2 Å². The van der Waals surface area contributed by atoms with Gasteiger partial charge in [-0.2, -0.15) is 0 Å². The minimum atomic E-state index is -0.278. The molecule has 1 saturated heterocycles. The van der Waals surface area contributed by atoms with Crippen molar-refractivity contribution in [1.29, 1.82) is 0 Å². The van der Waals surface area contributed by atoms with Gasteiger partial charge in [-0.05, 0) is 25.5 Å². The van der Waals surface area contributed by atoms with E-state index >= 15 is 0 Å². The van der Waals surface area contributed by atoms with E-state index in [-0.39, 0.29) is 18.6 Å². The van der Waals surface area contributed by atoms with Crippen molar-refractivity contribution in [3.8, 4) is 0 Å². The minimum Gasteiger partial charge on any atom is -0.394 e. The van der Waals surface area contributed by atoms with Crippen LogP contribution in [0.15, 0.2) is 18.2 Å². The molecule has 1 unspecified atom stereocenters. The number of amides is 1. The lowest BCUT2D eigenvalue weighted by Crippen LogP contribution is -2.47. The highest BCUT2D eigenvalue weighted by Gasteiger charge is 2.26. The zero-order valence-corrected chi connectivity index (χ0v) is 12.8. The van der Waals surface area contributed by atoms with Gasteiger partial charge in [0.15, 0.2) is 0 Å². The molecule has 1 aromatic rings. The Balaban J connectivity index is 2.18. The van der Waals surface area contributed by atoms with Gasteiger partial charge in [-0.1, -0.05) is 18.6 Å². The number of rotatable bonds is 5. The van der Waals surface area contributed by atoms with Crippen LogP contribution in [0.4, 0.5) is 5.69 Å². The van der Waals surface area contributed by atoms with Crippen LogP contribution in [0.3, 0.4) is 0 Å². The standard InChI is InChI=1S/C16H24N2O3/c1-3-6-17-15-5-4-12(2)9-14(15)16(20)18-7-8-21-13(10-18)11-19/h4-5,9,13,17,19H,3,6-8,10-11H2,1-2H3. The maximum atomic E-state index is 12.7. The third kappa shape index (κ3) is 3.95. The molecule has 1 aromatic carbocycles. The molecule has 5 nitrogen and oxygen atoms in total. The summed E-state index contributed by atoms with van der Waals surface area (Å²) < 4.78 is 5.40. The molecular weight excluding hydrogens is 268 g/mol. The Morgan fingerprint density at radius 1 is 1.52 bits per heavy atom. The second kappa shape index (κ2) is 7.43. The van der Waals surface area contributed by atoms with Crippen molar-refractivity contribution in [1.82, 2.24) is 4.90 Å². The third-order valence-corrected chi connectivity index (χ3v) is 3.60. The number of ether oxygens (including phenoxy) is 1. The van der Waals surface area contributed by atoms with Gasteiger partial charge < -0.3 is 20.1 Å². The summed E-state index contributed by atoms with van der Waals surface area (Å²) in [4.78, 5) is 14.5. The Kier molecular flexibility index (Phi) is 5.59. The molecule has 1 amide bonds. The van der Waals surface area contributed by atoms with E-state index in [1.165, 1.54) is 0 Å².